The van der Waals surface area contributed by atoms with E-state index in [0.717, 1.165) is 21.4 Å². The average molecular weight is 504 g/mol. The summed E-state index contributed by atoms with van der Waals surface area (Å²) in [7, 11) is 1.59. The second-order valence-corrected chi connectivity index (χ2v) is 7.90. The van der Waals surface area contributed by atoms with Gasteiger partial charge in [0.05, 0.1) is 18.1 Å². The van der Waals surface area contributed by atoms with E-state index in [1.807, 2.05) is 19.1 Å². The van der Waals surface area contributed by atoms with Gasteiger partial charge in [-0.15, -0.1) is 0 Å². The number of benzene rings is 2. The molecule has 0 saturated heterocycles. The molecule has 10 heteroatoms. The van der Waals surface area contributed by atoms with Crippen molar-refractivity contribution in [3.63, 3.8) is 0 Å². The molecule has 0 unspecified atom stereocenters. The molecule has 0 spiro atoms. The number of nitrogens with zero attached hydrogens (tertiary/aromatic N) is 2. The monoisotopic (exact) mass is 502 g/mol. The maximum atomic E-state index is 6.22. The van der Waals surface area contributed by atoms with Gasteiger partial charge in [0.15, 0.2) is 11.5 Å². The molecule has 28 heavy (non-hydrogen) atoms. The number of methoxy groups -OCH3 is 1. The molecule has 0 saturated carbocycles. The largest absolute Gasteiger partial charge is 0.493 e. The Morgan fingerprint density at radius 1 is 1.29 bits per heavy atom. The number of aromatic nitrogens is 3. The summed E-state index contributed by atoms with van der Waals surface area (Å²) < 4.78 is 14.4. The number of aryl methyl sites for hydroxylation is 1. The number of halogens is 3. The molecule has 0 aliphatic carbocycles. The molecule has 1 heterocycles. The van der Waals surface area contributed by atoms with Crippen LogP contribution in [0.2, 0.25) is 10.0 Å². The van der Waals surface area contributed by atoms with Gasteiger partial charge in [0.1, 0.15) is 12.4 Å². The topological polar surface area (TPSA) is 64.1 Å². The summed E-state index contributed by atoms with van der Waals surface area (Å²) in [6.07, 6.45) is 0. The molecule has 2 N–H and O–H groups in total. The van der Waals surface area contributed by atoms with Crippen LogP contribution in [-0.4, -0.2) is 22.0 Å². The van der Waals surface area contributed by atoms with Gasteiger partial charge in [0.2, 0.25) is 4.77 Å². The summed E-state index contributed by atoms with van der Waals surface area (Å²) in [6.45, 7) is 2.58. The third kappa shape index (κ3) is 4.63. The normalized spacial score (nSPS) is 10.8. The van der Waals surface area contributed by atoms with Gasteiger partial charge in [-0.2, -0.15) is 5.10 Å². The summed E-state index contributed by atoms with van der Waals surface area (Å²) in [5, 5.41) is 7.91. The first kappa shape index (κ1) is 21.0. The summed E-state index contributed by atoms with van der Waals surface area (Å²) in [4.78, 5) is 0. The van der Waals surface area contributed by atoms with Gasteiger partial charge in [-0.05, 0) is 64.9 Å². The van der Waals surface area contributed by atoms with Gasteiger partial charge in [-0.3, -0.25) is 5.10 Å². The predicted octanol–water partition coefficient (Wildman–Crippen LogP) is 5.65. The van der Waals surface area contributed by atoms with E-state index < -0.39 is 0 Å². The van der Waals surface area contributed by atoms with Crippen LogP contribution < -0.4 is 14.9 Å². The van der Waals surface area contributed by atoms with E-state index in [9.17, 15) is 0 Å². The zero-order chi connectivity index (χ0) is 20.3. The Morgan fingerprint density at radius 3 is 2.61 bits per heavy atom. The van der Waals surface area contributed by atoms with E-state index in [4.69, 9.17) is 44.9 Å². The standard InChI is InChI=1S/C18H17BrCl2N4O2S/c1-10-23-24-18(28)25(10)22-8-11-6-13(19)17(16(7-11)26-2)27-9-12-14(20)4-3-5-15(12)21/h3-7,22H,8-9H2,1-2H3,(H,24,28). The highest BCUT2D eigenvalue weighted by atomic mass is 79.9. The lowest BCUT2D eigenvalue weighted by Crippen LogP contribution is -2.16. The lowest BCUT2D eigenvalue weighted by atomic mass is 10.2. The van der Waals surface area contributed by atoms with Crippen LogP contribution >= 0.6 is 51.3 Å². The molecular weight excluding hydrogens is 487 g/mol. The zero-order valence-corrected chi connectivity index (χ0v) is 19.0. The quantitative estimate of drug-likeness (QED) is 0.408. The van der Waals surface area contributed by atoms with E-state index in [1.165, 1.54) is 0 Å². The maximum Gasteiger partial charge on any atom is 0.214 e. The van der Waals surface area contributed by atoms with Crippen molar-refractivity contribution in [1.29, 1.82) is 0 Å². The van der Waals surface area contributed by atoms with Crippen molar-refractivity contribution in [1.82, 2.24) is 14.9 Å². The lowest BCUT2D eigenvalue weighted by Gasteiger charge is -2.16. The molecule has 0 aliphatic rings. The molecule has 0 atom stereocenters. The van der Waals surface area contributed by atoms with Crippen molar-refractivity contribution in [3.05, 3.63) is 66.6 Å². The number of aromatic amines is 1. The third-order valence-corrected chi connectivity index (χ3v) is 5.56. The van der Waals surface area contributed by atoms with Crippen molar-refractivity contribution in [2.24, 2.45) is 0 Å². The van der Waals surface area contributed by atoms with Crippen LogP contribution in [0.1, 0.15) is 17.0 Å². The fraction of sp³-hybridized carbons (Fsp3) is 0.222. The van der Waals surface area contributed by atoms with E-state index in [2.05, 4.69) is 31.6 Å². The number of rotatable bonds is 7. The minimum atomic E-state index is 0.217. The van der Waals surface area contributed by atoms with Crippen molar-refractivity contribution in [2.75, 3.05) is 12.5 Å². The second-order valence-electron chi connectivity index (χ2n) is 5.84. The van der Waals surface area contributed by atoms with Gasteiger partial charge in [0.25, 0.3) is 0 Å². The summed E-state index contributed by atoms with van der Waals surface area (Å²) in [5.74, 6) is 1.90. The van der Waals surface area contributed by atoms with Gasteiger partial charge in [-0.1, -0.05) is 29.3 Å². The van der Waals surface area contributed by atoms with Crippen LogP contribution in [0.15, 0.2) is 34.8 Å². The maximum absolute atomic E-state index is 6.22. The molecule has 0 fully saturated rings. The Hall–Kier alpha value is -1.74. The first-order valence-corrected chi connectivity index (χ1v) is 10.2. The molecule has 0 amide bonds. The molecule has 1 aromatic heterocycles. The van der Waals surface area contributed by atoms with Crippen LogP contribution in [-0.2, 0) is 13.2 Å². The van der Waals surface area contributed by atoms with Gasteiger partial charge in [0, 0.05) is 15.6 Å². The van der Waals surface area contributed by atoms with Crippen LogP contribution in [0.3, 0.4) is 0 Å². The number of hydrogen-bond acceptors (Lipinski definition) is 5. The van der Waals surface area contributed by atoms with Crippen molar-refractivity contribution in [2.45, 2.75) is 20.1 Å². The summed E-state index contributed by atoms with van der Waals surface area (Å²) in [5.41, 5.74) is 4.90. The van der Waals surface area contributed by atoms with Gasteiger partial charge in [-0.25, -0.2) is 4.68 Å². The lowest BCUT2D eigenvalue weighted by molar-refractivity contribution is 0.282. The Labute approximate surface area is 185 Å². The summed E-state index contributed by atoms with van der Waals surface area (Å²) in [6, 6.07) is 9.17. The minimum absolute atomic E-state index is 0.217. The smallest absolute Gasteiger partial charge is 0.214 e. The van der Waals surface area contributed by atoms with Crippen LogP contribution in [0.4, 0.5) is 0 Å². The SMILES string of the molecule is COc1cc(CNn2c(C)n[nH]c2=S)cc(Br)c1OCc1c(Cl)cccc1Cl. The first-order valence-electron chi connectivity index (χ1n) is 8.20. The number of ether oxygens (including phenoxy) is 2. The van der Waals surface area contributed by atoms with Crippen LogP contribution in [0.25, 0.3) is 0 Å². The van der Waals surface area contributed by atoms with E-state index in [1.54, 1.807) is 30.0 Å². The Kier molecular flexibility index (Phi) is 6.87. The first-order chi connectivity index (χ1) is 13.4. The number of H-pyrrole nitrogens is 1. The molecule has 6 nitrogen and oxygen atoms in total. The highest BCUT2D eigenvalue weighted by Crippen LogP contribution is 2.38. The number of nitrogens with one attached hydrogen (secondary N) is 2. The van der Waals surface area contributed by atoms with Gasteiger partial charge >= 0.3 is 0 Å². The van der Waals surface area contributed by atoms with E-state index in [0.29, 0.717) is 32.9 Å². The van der Waals surface area contributed by atoms with E-state index >= 15 is 0 Å². The van der Waals surface area contributed by atoms with Crippen LogP contribution in [0, 0.1) is 11.7 Å². The molecule has 0 bridgehead atoms. The van der Waals surface area contributed by atoms with Crippen molar-refractivity contribution >= 4 is 51.3 Å². The van der Waals surface area contributed by atoms with Gasteiger partial charge < -0.3 is 14.9 Å². The number of hydrogen-bond donors (Lipinski definition) is 2. The Morgan fingerprint density at radius 2 is 2.00 bits per heavy atom. The summed E-state index contributed by atoms with van der Waals surface area (Å²) >= 11 is 21.2. The fourth-order valence-electron chi connectivity index (χ4n) is 2.56. The average Bonchev–Trinajstić information content (AvgIpc) is 2.98. The molecule has 2 aromatic carbocycles. The third-order valence-electron chi connectivity index (χ3n) is 3.99. The predicted molar refractivity (Wildman–Crippen MR) is 117 cm³/mol. The molecule has 3 rings (SSSR count). The van der Waals surface area contributed by atoms with Crippen molar-refractivity contribution in [3.8, 4) is 11.5 Å². The zero-order valence-electron chi connectivity index (χ0n) is 15.1. The fourth-order valence-corrected chi connectivity index (χ4v) is 3.91. The highest BCUT2D eigenvalue weighted by molar-refractivity contribution is 9.10. The van der Waals surface area contributed by atoms with E-state index in [-0.39, 0.29) is 6.61 Å². The molecule has 0 aliphatic heterocycles. The molecular formula is C18H17BrCl2N4O2S. The minimum Gasteiger partial charge on any atom is -0.493 e. The Balaban J connectivity index is 1.79. The van der Waals surface area contributed by atoms with Crippen LogP contribution in [0.5, 0.6) is 11.5 Å². The molecule has 0 radical (unpaired) electrons. The van der Waals surface area contributed by atoms with Crippen molar-refractivity contribution < 1.29 is 9.47 Å². The second kappa shape index (κ2) is 9.17. The highest BCUT2D eigenvalue weighted by Gasteiger charge is 2.14. The molecule has 148 valence electrons. The Bertz CT molecular complexity index is 1030. The molecule has 3 aromatic rings.